The van der Waals surface area contributed by atoms with Crippen molar-refractivity contribution in [3.8, 4) is 5.88 Å². The number of ether oxygens (including phenoxy) is 1. The van der Waals surface area contributed by atoms with Crippen molar-refractivity contribution in [3.63, 3.8) is 0 Å². The van der Waals surface area contributed by atoms with E-state index in [4.69, 9.17) is 4.74 Å². The lowest BCUT2D eigenvalue weighted by Crippen LogP contribution is -1.86. The third-order valence-corrected chi connectivity index (χ3v) is 1.69. The normalized spacial score (nSPS) is 9.27. The van der Waals surface area contributed by atoms with Crippen molar-refractivity contribution >= 4 is 21.6 Å². The van der Waals surface area contributed by atoms with E-state index in [1.54, 1.807) is 6.07 Å². The van der Waals surface area contributed by atoms with Crippen LogP contribution >= 0.6 is 15.9 Å². The number of pyridine rings is 1. The number of nitroso groups, excluding NO2 is 1. The molecular formula is C6H5BrN2O2. The first-order valence-electron chi connectivity index (χ1n) is 2.82. The van der Waals surface area contributed by atoms with E-state index in [2.05, 4.69) is 26.1 Å². The van der Waals surface area contributed by atoms with Crippen LogP contribution in [-0.2, 0) is 0 Å². The van der Waals surface area contributed by atoms with E-state index in [1.807, 2.05) is 0 Å². The number of halogens is 1. The van der Waals surface area contributed by atoms with E-state index in [-0.39, 0.29) is 5.69 Å². The van der Waals surface area contributed by atoms with Gasteiger partial charge in [0, 0.05) is 6.07 Å². The Labute approximate surface area is 71.7 Å². The zero-order valence-electron chi connectivity index (χ0n) is 5.74. The summed E-state index contributed by atoms with van der Waals surface area (Å²) >= 11 is 3.06. The maximum Gasteiger partial charge on any atom is 0.214 e. The molecule has 0 spiro atoms. The molecule has 0 atom stereocenters. The molecule has 1 aromatic heterocycles. The minimum Gasteiger partial charge on any atom is -0.481 e. The van der Waals surface area contributed by atoms with Gasteiger partial charge in [-0.25, -0.2) is 4.98 Å². The van der Waals surface area contributed by atoms with Crippen LogP contribution < -0.4 is 4.74 Å². The second-order valence-electron chi connectivity index (χ2n) is 1.75. The molecule has 0 aliphatic rings. The van der Waals surface area contributed by atoms with Crippen molar-refractivity contribution in [2.75, 3.05) is 7.11 Å². The van der Waals surface area contributed by atoms with Crippen LogP contribution in [0.5, 0.6) is 5.88 Å². The van der Waals surface area contributed by atoms with Gasteiger partial charge < -0.3 is 4.74 Å². The standard InChI is InChI=1S/C6H5BrN2O2/c1-11-5-3-2-4(9-10)6(7)8-5/h2-3H,1H3. The molecule has 0 aliphatic carbocycles. The zero-order valence-corrected chi connectivity index (χ0v) is 7.33. The average Bonchev–Trinajstić information content (AvgIpc) is 2.04. The summed E-state index contributed by atoms with van der Waals surface area (Å²) in [4.78, 5) is 13.9. The highest BCUT2D eigenvalue weighted by molar-refractivity contribution is 9.10. The summed E-state index contributed by atoms with van der Waals surface area (Å²) in [5.41, 5.74) is 0.269. The lowest BCUT2D eigenvalue weighted by atomic mass is 10.4. The van der Waals surface area contributed by atoms with E-state index in [1.165, 1.54) is 13.2 Å². The van der Waals surface area contributed by atoms with Gasteiger partial charge in [-0.15, -0.1) is 4.91 Å². The van der Waals surface area contributed by atoms with Gasteiger partial charge in [0.05, 0.1) is 7.11 Å². The molecule has 0 aromatic carbocycles. The van der Waals surface area contributed by atoms with Gasteiger partial charge in [0.1, 0.15) is 10.3 Å². The molecule has 1 rings (SSSR count). The molecule has 1 aromatic rings. The third kappa shape index (κ3) is 1.74. The third-order valence-electron chi connectivity index (χ3n) is 1.11. The molecule has 11 heavy (non-hydrogen) atoms. The summed E-state index contributed by atoms with van der Waals surface area (Å²) in [6, 6.07) is 3.10. The first-order valence-corrected chi connectivity index (χ1v) is 3.61. The second-order valence-corrected chi connectivity index (χ2v) is 2.51. The summed E-state index contributed by atoms with van der Waals surface area (Å²) in [5, 5.41) is 2.73. The highest BCUT2D eigenvalue weighted by Gasteiger charge is 2.01. The van der Waals surface area contributed by atoms with Crippen LogP contribution in [0.15, 0.2) is 21.9 Å². The van der Waals surface area contributed by atoms with Crippen LogP contribution in [0.4, 0.5) is 5.69 Å². The van der Waals surface area contributed by atoms with Gasteiger partial charge in [-0.3, -0.25) is 0 Å². The largest absolute Gasteiger partial charge is 0.481 e. The van der Waals surface area contributed by atoms with Gasteiger partial charge in [0.15, 0.2) is 0 Å². The number of hydrogen-bond acceptors (Lipinski definition) is 4. The van der Waals surface area contributed by atoms with Crippen LogP contribution in [-0.4, -0.2) is 12.1 Å². The minimum atomic E-state index is 0.269. The van der Waals surface area contributed by atoms with E-state index < -0.39 is 0 Å². The number of methoxy groups -OCH3 is 1. The Morgan fingerprint density at radius 1 is 1.64 bits per heavy atom. The second kappa shape index (κ2) is 3.43. The first-order chi connectivity index (χ1) is 5.27. The van der Waals surface area contributed by atoms with Crippen LogP contribution in [0.3, 0.4) is 0 Å². The number of rotatable bonds is 2. The maximum atomic E-state index is 10.1. The molecule has 1 heterocycles. The summed E-state index contributed by atoms with van der Waals surface area (Å²) < 4.78 is 5.20. The van der Waals surface area contributed by atoms with Gasteiger partial charge in [0.25, 0.3) is 0 Å². The molecule has 0 radical (unpaired) electrons. The Morgan fingerprint density at radius 3 is 2.82 bits per heavy atom. The maximum absolute atomic E-state index is 10.1. The van der Waals surface area contributed by atoms with Crippen molar-refractivity contribution in [2.45, 2.75) is 0 Å². The van der Waals surface area contributed by atoms with Gasteiger partial charge in [-0.05, 0) is 27.2 Å². The highest BCUT2D eigenvalue weighted by atomic mass is 79.9. The smallest absolute Gasteiger partial charge is 0.214 e. The number of hydrogen-bond donors (Lipinski definition) is 0. The average molecular weight is 217 g/mol. The van der Waals surface area contributed by atoms with E-state index >= 15 is 0 Å². The summed E-state index contributed by atoms with van der Waals surface area (Å²) in [5.74, 6) is 0.448. The molecule has 0 amide bonds. The Bertz CT molecular complexity index is 277. The summed E-state index contributed by atoms with van der Waals surface area (Å²) in [6.07, 6.45) is 0. The molecule has 0 saturated heterocycles. The van der Waals surface area contributed by atoms with E-state index in [9.17, 15) is 4.91 Å². The molecule has 0 aliphatic heterocycles. The van der Waals surface area contributed by atoms with Crippen LogP contribution in [0.2, 0.25) is 0 Å². The van der Waals surface area contributed by atoms with E-state index in [0.717, 1.165) is 0 Å². The van der Waals surface area contributed by atoms with Gasteiger partial charge in [0.2, 0.25) is 5.88 Å². The van der Waals surface area contributed by atoms with Gasteiger partial charge >= 0.3 is 0 Å². The molecule has 58 valence electrons. The molecule has 0 saturated carbocycles. The molecule has 0 fully saturated rings. The minimum absolute atomic E-state index is 0.269. The van der Waals surface area contributed by atoms with Crippen molar-refractivity contribution in [1.82, 2.24) is 4.98 Å². The van der Waals surface area contributed by atoms with Gasteiger partial charge in [-0.2, -0.15) is 0 Å². The van der Waals surface area contributed by atoms with Crippen LogP contribution in [0, 0.1) is 4.91 Å². The van der Waals surface area contributed by atoms with Crippen LogP contribution in [0.25, 0.3) is 0 Å². The molecule has 0 unspecified atom stereocenters. The molecule has 5 heteroatoms. The van der Waals surface area contributed by atoms with E-state index in [0.29, 0.717) is 10.5 Å². The van der Waals surface area contributed by atoms with Crippen molar-refractivity contribution in [3.05, 3.63) is 21.6 Å². The topological polar surface area (TPSA) is 51.5 Å². The fourth-order valence-corrected chi connectivity index (χ4v) is 0.971. The summed E-state index contributed by atoms with van der Waals surface area (Å²) in [6.45, 7) is 0. The number of nitrogens with zero attached hydrogens (tertiary/aromatic N) is 2. The van der Waals surface area contributed by atoms with Crippen molar-refractivity contribution < 1.29 is 4.74 Å². The molecule has 0 bridgehead atoms. The SMILES string of the molecule is COc1ccc(N=O)c(Br)n1. The summed E-state index contributed by atoms with van der Waals surface area (Å²) in [7, 11) is 1.50. The quantitative estimate of drug-likeness (QED) is 0.563. The Balaban J connectivity index is 3.09. The van der Waals surface area contributed by atoms with Crippen LogP contribution in [0.1, 0.15) is 0 Å². The van der Waals surface area contributed by atoms with Gasteiger partial charge in [-0.1, -0.05) is 0 Å². The number of aromatic nitrogens is 1. The lowest BCUT2D eigenvalue weighted by Gasteiger charge is -1.98. The Hall–Kier alpha value is -0.970. The Kier molecular flexibility index (Phi) is 2.53. The Morgan fingerprint density at radius 2 is 2.36 bits per heavy atom. The fraction of sp³-hybridized carbons (Fsp3) is 0.167. The first kappa shape index (κ1) is 8.13. The fourth-order valence-electron chi connectivity index (χ4n) is 0.592. The molecule has 0 N–H and O–H groups in total. The molecule has 4 nitrogen and oxygen atoms in total. The lowest BCUT2D eigenvalue weighted by molar-refractivity contribution is 0.397. The highest BCUT2D eigenvalue weighted by Crippen LogP contribution is 2.24. The predicted octanol–water partition coefficient (Wildman–Crippen LogP) is 2.25. The van der Waals surface area contributed by atoms with Crippen molar-refractivity contribution in [2.24, 2.45) is 5.18 Å². The predicted molar refractivity (Wildman–Crippen MR) is 43.9 cm³/mol. The van der Waals surface area contributed by atoms with Crippen molar-refractivity contribution in [1.29, 1.82) is 0 Å². The molecular weight excluding hydrogens is 212 g/mol. The zero-order chi connectivity index (χ0) is 8.27. The monoisotopic (exact) mass is 216 g/mol.